The van der Waals surface area contributed by atoms with Gasteiger partial charge in [-0.1, -0.05) is 6.92 Å². The molecule has 6 N–H and O–H groups in total. The highest BCUT2D eigenvalue weighted by molar-refractivity contribution is 5.91. The SMILES string of the molecule is CCC(=O)Nc1ccc(NCCC(N)=O)c(N)c1. The fraction of sp³-hybridized carbons (Fsp3) is 0.333. The molecule has 0 unspecified atom stereocenters. The normalized spacial score (nSPS) is 9.83. The van der Waals surface area contributed by atoms with E-state index in [4.69, 9.17) is 11.5 Å². The van der Waals surface area contributed by atoms with Gasteiger partial charge < -0.3 is 22.1 Å². The summed E-state index contributed by atoms with van der Waals surface area (Å²) < 4.78 is 0. The molecule has 0 aliphatic heterocycles. The third kappa shape index (κ3) is 4.32. The number of hydrogen-bond acceptors (Lipinski definition) is 4. The topological polar surface area (TPSA) is 110 Å². The van der Waals surface area contributed by atoms with E-state index in [0.717, 1.165) is 0 Å². The molecule has 98 valence electrons. The van der Waals surface area contributed by atoms with Gasteiger partial charge in [0.25, 0.3) is 0 Å². The van der Waals surface area contributed by atoms with Gasteiger partial charge in [-0.3, -0.25) is 9.59 Å². The van der Waals surface area contributed by atoms with Crippen LogP contribution in [0, 0.1) is 0 Å². The second kappa shape index (κ2) is 6.48. The van der Waals surface area contributed by atoms with Crippen molar-refractivity contribution in [2.75, 3.05) is 22.9 Å². The molecule has 0 aliphatic carbocycles. The lowest BCUT2D eigenvalue weighted by Crippen LogP contribution is -2.16. The van der Waals surface area contributed by atoms with Crippen LogP contribution in [0.3, 0.4) is 0 Å². The molecule has 1 aromatic rings. The Hall–Kier alpha value is -2.24. The zero-order valence-corrected chi connectivity index (χ0v) is 10.3. The molecule has 0 atom stereocenters. The lowest BCUT2D eigenvalue weighted by atomic mass is 10.2. The predicted octanol–water partition coefficient (Wildman–Crippen LogP) is 0.905. The molecule has 0 bridgehead atoms. The largest absolute Gasteiger partial charge is 0.397 e. The quantitative estimate of drug-likeness (QED) is 0.562. The first-order chi connectivity index (χ1) is 8.52. The summed E-state index contributed by atoms with van der Waals surface area (Å²) in [6, 6.07) is 5.16. The minimum atomic E-state index is -0.368. The number of carbonyl (C=O) groups is 2. The molecule has 0 aromatic heterocycles. The van der Waals surface area contributed by atoms with Crippen molar-refractivity contribution in [1.29, 1.82) is 0 Å². The lowest BCUT2D eigenvalue weighted by Gasteiger charge is -2.10. The standard InChI is InChI=1S/C12H18N4O2/c1-2-12(18)16-8-3-4-10(9(13)7-8)15-6-5-11(14)17/h3-4,7,15H,2,5-6,13H2,1H3,(H2,14,17)(H,16,18). The third-order valence-electron chi connectivity index (χ3n) is 2.34. The van der Waals surface area contributed by atoms with Crippen molar-refractivity contribution in [1.82, 2.24) is 0 Å². The minimum absolute atomic E-state index is 0.0659. The Kier molecular flexibility index (Phi) is 4.98. The van der Waals surface area contributed by atoms with Crippen molar-refractivity contribution < 1.29 is 9.59 Å². The van der Waals surface area contributed by atoms with Crippen molar-refractivity contribution in [3.63, 3.8) is 0 Å². The number of benzene rings is 1. The Labute approximate surface area is 106 Å². The average molecular weight is 250 g/mol. The van der Waals surface area contributed by atoms with Crippen LogP contribution in [-0.4, -0.2) is 18.4 Å². The number of rotatable bonds is 6. The van der Waals surface area contributed by atoms with Crippen LogP contribution < -0.4 is 22.1 Å². The Morgan fingerprint density at radius 1 is 1.33 bits per heavy atom. The van der Waals surface area contributed by atoms with E-state index in [1.165, 1.54) is 0 Å². The van der Waals surface area contributed by atoms with Crippen LogP contribution >= 0.6 is 0 Å². The number of nitrogen functional groups attached to an aromatic ring is 1. The van der Waals surface area contributed by atoms with Crippen LogP contribution in [0.15, 0.2) is 18.2 Å². The zero-order valence-electron chi connectivity index (χ0n) is 10.3. The Morgan fingerprint density at radius 3 is 2.61 bits per heavy atom. The van der Waals surface area contributed by atoms with Gasteiger partial charge in [0.15, 0.2) is 0 Å². The first-order valence-corrected chi connectivity index (χ1v) is 5.74. The molecular formula is C12H18N4O2. The minimum Gasteiger partial charge on any atom is -0.397 e. The first-order valence-electron chi connectivity index (χ1n) is 5.74. The number of anilines is 3. The van der Waals surface area contributed by atoms with Crippen LogP contribution in [0.1, 0.15) is 19.8 Å². The van der Waals surface area contributed by atoms with Gasteiger partial charge in [0, 0.05) is 25.1 Å². The highest BCUT2D eigenvalue weighted by Crippen LogP contribution is 2.22. The molecule has 1 rings (SSSR count). The van der Waals surface area contributed by atoms with Gasteiger partial charge in [0.1, 0.15) is 0 Å². The Morgan fingerprint density at radius 2 is 2.06 bits per heavy atom. The average Bonchev–Trinajstić information content (AvgIpc) is 2.31. The van der Waals surface area contributed by atoms with Crippen molar-refractivity contribution in [3.05, 3.63) is 18.2 Å². The van der Waals surface area contributed by atoms with Crippen molar-refractivity contribution >= 4 is 28.9 Å². The molecule has 0 aliphatic rings. The molecule has 6 nitrogen and oxygen atoms in total. The third-order valence-corrected chi connectivity index (χ3v) is 2.34. The number of amides is 2. The van der Waals surface area contributed by atoms with Gasteiger partial charge >= 0.3 is 0 Å². The number of nitrogens with one attached hydrogen (secondary N) is 2. The monoisotopic (exact) mass is 250 g/mol. The molecule has 0 saturated heterocycles. The molecule has 1 aromatic carbocycles. The fourth-order valence-corrected chi connectivity index (χ4v) is 1.37. The molecule has 0 fully saturated rings. The molecule has 0 radical (unpaired) electrons. The maximum absolute atomic E-state index is 11.2. The summed E-state index contributed by atoms with van der Waals surface area (Å²) in [5.41, 5.74) is 12.7. The summed E-state index contributed by atoms with van der Waals surface area (Å²) in [5.74, 6) is -0.434. The highest BCUT2D eigenvalue weighted by atomic mass is 16.1. The second-order valence-corrected chi connectivity index (χ2v) is 3.85. The molecule has 6 heteroatoms. The van der Waals surface area contributed by atoms with E-state index in [9.17, 15) is 9.59 Å². The predicted molar refractivity (Wildman–Crippen MR) is 72.1 cm³/mol. The van der Waals surface area contributed by atoms with Gasteiger partial charge in [-0.2, -0.15) is 0 Å². The molecule has 0 saturated carbocycles. The smallest absolute Gasteiger partial charge is 0.224 e. The second-order valence-electron chi connectivity index (χ2n) is 3.85. The maximum Gasteiger partial charge on any atom is 0.224 e. The number of primary amides is 1. The summed E-state index contributed by atoms with van der Waals surface area (Å²) in [5, 5.41) is 5.71. The number of hydrogen-bond donors (Lipinski definition) is 4. The summed E-state index contributed by atoms with van der Waals surface area (Å²) in [6.07, 6.45) is 0.659. The van der Waals surface area contributed by atoms with Crippen molar-refractivity contribution in [2.24, 2.45) is 5.73 Å². The van der Waals surface area contributed by atoms with E-state index in [0.29, 0.717) is 30.0 Å². The molecule has 2 amide bonds. The number of nitrogens with two attached hydrogens (primary N) is 2. The van der Waals surface area contributed by atoms with Crippen LogP contribution in [0.5, 0.6) is 0 Å². The number of carbonyl (C=O) groups excluding carboxylic acids is 2. The van der Waals surface area contributed by atoms with Crippen LogP contribution in [0.4, 0.5) is 17.1 Å². The van der Waals surface area contributed by atoms with E-state index in [-0.39, 0.29) is 18.2 Å². The van der Waals surface area contributed by atoms with E-state index in [1.807, 2.05) is 0 Å². The van der Waals surface area contributed by atoms with E-state index in [2.05, 4.69) is 10.6 Å². The molecular weight excluding hydrogens is 232 g/mol. The van der Waals surface area contributed by atoms with Gasteiger partial charge in [-0.15, -0.1) is 0 Å². The molecule has 0 spiro atoms. The van der Waals surface area contributed by atoms with E-state index in [1.54, 1.807) is 25.1 Å². The highest BCUT2D eigenvalue weighted by Gasteiger charge is 2.03. The summed E-state index contributed by atoms with van der Waals surface area (Å²) in [7, 11) is 0. The van der Waals surface area contributed by atoms with Gasteiger partial charge in [0.05, 0.1) is 11.4 Å². The Balaban J connectivity index is 2.62. The molecule has 0 heterocycles. The summed E-state index contributed by atoms with van der Waals surface area (Å²) in [6.45, 7) is 2.21. The van der Waals surface area contributed by atoms with Gasteiger partial charge in [-0.25, -0.2) is 0 Å². The van der Waals surface area contributed by atoms with Crippen LogP contribution in [0.2, 0.25) is 0 Å². The van der Waals surface area contributed by atoms with Crippen LogP contribution in [-0.2, 0) is 9.59 Å². The maximum atomic E-state index is 11.2. The zero-order chi connectivity index (χ0) is 13.5. The van der Waals surface area contributed by atoms with Gasteiger partial charge in [-0.05, 0) is 18.2 Å². The summed E-state index contributed by atoms with van der Waals surface area (Å²) >= 11 is 0. The van der Waals surface area contributed by atoms with Crippen molar-refractivity contribution in [2.45, 2.75) is 19.8 Å². The van der Waals surface area contributed by atoms with Gasteiger partial charge in [0.2, 0.25) is 11.8 Å². The van der Waals surface area contributed by atoms with E-state index < -0.39 is 0 Å². The summed E-state index contributed by atoms with van der Waals surface area (Å²) in [4.78, 5) is 21.8. The lowest BCUT2D eigenvalue weighted by molar-refractivity contribution is -0.118. The first kappa shape index (κ1) is 13.8. The molecule has 18 heavy (non-hydrogen) atoms. The van der Waals surface area contributed by atoms with Crippen molar-refractivity contribution in [3.8, 4) is 0 Å². The van der Waals surface area contributed by atoms with E-state index >= 15 is 0 Å². The van der Waals surface area contributed by atoms with Crippen LogP contribution in [0.25, 0.3) is 0 Å². The Bertz CT molecular complexity index is 446. The fourth-order valence-electron chi connectivity index (χ4n) is 1.37.